The Morgan fingerprint density at radius 2 is 2.21 bits per heavy atom. The molecule has 2 aliphatic rings. The lowest BCUT2D eigenvalue weighted by Gasteiger charge is -2.38. The summed E-state index contributed by atoms with van der Waals surface area (Å²) in [5, 5.41) is 0. The molecule has 0 aliphatic carbocycles. The van der Waals surface area contributed by atoms with E-state index >= 15 is 0 Å². The van der Waals surface area contributed by atoms with Crippen molar-refractivity contribution in [3.63, 3.8) is 0 Å². The monoisotopic (exact) mass is 343 g/mol. The second kappa shape index (κ2) is 6.58. The standard InChI is InChI=1S/C16H20F3N3O2/c1-11-8-22(13-5-2-6-20-14(13)24-11)15(23)12-4-3-7-21(9-12)10-16(17,18)19/h2,5-6,11-12H,3-4,7-10H2,1H3. The molecule has 0 spiro atoms. The third kappa shape index (κ3) is 3.80. The lowest BCUT2D eigenvalue weighted by atomic mass is 9.96. The van der Waals surface area contributed by atoms with Gasteiger partial charge in [0.1, 0.15) is 11.8 Å². The normalized spacial score (nSPS) is 25.1. The molecule has 0 N–H and O–H groups in total. The van der Waals surface area contributed by atoms with E-state index in [2.05, 4.69) is 4.98 Å². The fourth-order valence-corrected chi connectivity index (χ4v) is 3.35. The first-order valence-electron chi connectivity index (χ1n) is 8.05. The van der Waals surface area contributed by atoms with Gasteiger partial charge in [-0.3, -0.25) is 9.69 Å². The van der Waals surface area contributed by atoms with Crippen LogP contribution in [0.1, 0.15) is 19.8 Å². The number of alkyl halides is 3. The summed E-state index contributed by atoms with van der Waals surface area (Å²) in [5.41, 5.74) is 0.591. The van der Waals surface area contributed by atoms with E-state index in [9.17, 15) is 18.0 Å². The first-order chi connectivity index (χ1) is 11.3. The van der Waals surface area contributed by atoms with Crippen LogP contribution in [0.25, 0.3) is 0 Å². The van der Waals surface area contributed by atoms with Crippen LogP contribution in [-0.4, -0.2) is 54.3 Å². The van der Waals surface area contributed by atoms with Crippen molar-refractivity contribution in [2.75, 3.05) is 31.1 Å². The van der Waals surface area contributed by atoms with Crippen LogP contribution in [0.5, 0.6) is 5.88 Å². The second-order valence-electron chi connectivity index (χ2n) is 6.39. The summed E-state index contributed by atoms with van der Waals surface area (Å²) < 4.78 is 43.5. The Kier molecular flexibility index (Phi) is 4.67. The average molecular weight is 343 g/mol. The van der Waals surface area contributed by atoms with Gasteiger partial charge < -0.3 is 9.64 Å². The fraction of sp³-hybridized carbons (Fsp3) is 0.625. The van der Waals surface area contributed by atoms with Gasteiger partial charge >= 0.3 is 6.18 Å². The van der Waals surface area contributed by atoms with Crippen LogP contribution < -0.4 is 9.64 Å². The quantitative estimate of drug-likeness (QED) is 0.828. The van der Waals surface area contributed by atoms with Gasteiger partial charge in [-0.15, -0.1) is 0 Å². The van der Waals surface area contributed by atoms with E-state index in [0.717, 1.165) is 0 Å². The van der Waals surface area contributed by atoms with Gasteiger partial charge in [-0.2, -0.15) is 13.2 Å². The van der Waals surface area contributed by atoms with Crippen molar-refractivity contribution in [3.05, 3.63) is 18.3 Å². The number of hydrogen-bond acceptors (Lipinski definition) is 4. The molecule has 8 heteroatoms. The smallest absolute Gasteiger partial charge is 0.401 e. The fourth-order valence-electron chi connectivity index (χ4n) is 3.35. The number of pyridine rings is 1. The van der Waals surface area contributed by atoms with Gasteiger partial charge in [-0.1, -0.05) is 0 Å². The molecular weight excluding hydrogens is 323 g/mol. The average Bonchev–Trinajstić information content (AvgIpc) is 2.52. The maximum atomic E-state index is 12.9. The van der Waals surface area contributed by atoms with Crippen LogP contribution in [-0.2, 0) is 4.79 Å². The minimum atomic E-state index is -4.24. The number of halogens is 3. The van der Waals surface area contributed by atoms with E-state index < -0.39 is 18.6 Å². The summed E-state index contributed by atoms with van der Waals surface area (Å²) in [7, 11) is 0. The second-order valence-corrected chi connectivity index (χ2v) is 6.39. The van der Waals surface area contributed by atoms with Crippen LogP contribution in [0.2, 0.25) is 0 Å². The van der Waals surface area contributed by atoms with E-state index in [1.807, 2.05) is 6.92 Å². The zero-order valence-corrected chi connectivity index (χ0v) is 13.4. The topological polar surface area (TPSA) is 45.7 Å². The minimum Gasteiger partial charge on any atom is -0.471 e. The number of likely N-dealkylation sites (tertiary alicyclic amines) is 1. The minimum absolute atomic E-state index is 0.139. The first-order valence-corrected chi connectivity index (χ1v) is 8.05. The van der Waals surface area contributed by atoms with Gasteiger partial charge in [-0.05, 0) is 38.4 Å². The van der Waals surface area contributed by atoms with Crippen molar-refractivity contribution >= 4 is 11.6 Å². The van der Waals surface area contributed by atoms with Crippen molar-refractivity contribution in [2.45, 2.75) is 32.0 Å². The summed E-state index contributed by atoms with van der Waals surface area (Å²) >= 11 is 0. The summed E-state index contributed by atoms with van der Waals surface area (Å²) in [6.07, 6.45) is -1.66. The van der Waals surface area contributed by atoms with Crippen molar-refractivity contribution in [3.8, 4) is 5.88 Å². The molecule has 1 fully saturated rings. The number of rotatable bonds is 2. The highest BCUT2D eigenvalue weighted by Gasteiger charge is 2.37. The molecule has 2 unspecified atom stereocenters. The number of carbonyl (C=O) groups excluding carboxylic acids is 1. The predicted molar refractivity (Wildman–Crippen MR) is 81.9 cm³/mol. The van der Waals surface area contributed by atoms with E-state index in [-0.39, 0.29) is 18.6 Å². The molecule has 0 aromatic carbocycles. The SMILES string of the molecule is CC1CN(C(=O)C2CCCN(CC(F)(F)F)C2)c2cccnc2O1. The number of nitrogens with zero attached hydrogens (tertiary/aromatic N) is 3. The van der Waals surface area contributed by atoms with Gasteiger partial charge in [0.15, 0.2) is 0 Å². The highest BCUT2D eigenvalue weighted by molar-refractivity contribution is 5.96. The van der Waals surface area contributed by atoms with Crippen molar-refractivity contribution in [1.82, 2.24) is 9.88 Å². The lowest BCUT2D eigenvalue weighted by molar-refractivity contribution is -0.151. The molecule has 0 radical (unpaired) electrons. The molecule has 0 bridgehead atoms. The van der Waals surface area contributed by atoms with E-state index in [4.69, 9.17) is 4.74 Å². The molecule has 132 valence electrons. The number of aromatic nitrogens is 1. The Labute approximate surface area is 138 Å². The van der Waals surface area contributed by atoms with Crippen LogP contribution in [0.4, 0.5) is 18.9 Å². The molecular formula is C16H20F3N3O2. The molecule has 3 rings (SSSR count). The summed E-state index contributed by atoms with van der Waals surface area (Å²) in [5.74, 6) is -0.182. The number of carbonyl (C=O) groups is 1. The number of piperidine rings is 1. The van der Waals surface area contributed by atoms with Gasteiger partial charge in [0.2, 0.25) is 11.8 Å². The first kappa shape index (κ1) is 17.0. The van der Waals surface area contributed by atoms with Crippen LogP contribution in [0, 0.1) is 5.92 Å². The number of fused-ring (bicyclic) bond motifs is 1. The van der Waals surface area contributed by atoms with Gasteiger partial charge in [0.05, 0.1) is 19.0 Å². The third-order valence-corrected chi connectivity index (χ3v) is 4.32. The Morgan fingerprint density at radius 3 is 2.96 bits per heavy atom. The number of ether oxygens (including phenoxy) is 1. The van der Waals surface area contributed by atoms with Gasteiger partial charge in [0, 0.05) is 12.7 Å². The molecule has 0 saturated carbocycles. The molecule has 1 saturated heterocycles. The highest BCUT2D eigenvalue weighted by Crippen LogP contribution is 2.33. The third-order valence-electron chi connectivity index (χ3n) is 4.32. The van der Waals surface area contributed by atoms with E-state index in [1.165, 1.54) is 4.90 Å². The Morgan fingerprint density at radius 1 is 1.42 bits per heavy atom. The Balaban J connectivity index is 1.74. The van der Waals surface area contributed by atoms with Crippen LogP contribution >= 0.6 is 0 Å². The summed E-state index contributed by atoms with van der Waals surface area (Å²) in [6.45, 7) is 1.77. The molecule has 1 aromatic rings. The largest absolute Gasteiger partial charge is 0.471 e. The molecule has 2 atom stereocenters. The maximum Gasteiger partial charge on any atom is 0.401 e. The molecule has 1 amide bonds. The Hall–Kier alpha value is -1.83. The number of anilines is 1. The summed E-state index contributed by atoms with van der Waals surface area (Å²) in [4.78, 5) is 20.0. The molecule has 1 aromatic heterocycles. The summed E-state index contributed by atoms with van der Waals surface area (Å²) in [6, 6.07) is 3.47. The van der Waals surface area contributed by atoms with Crippen molar-refractivity contribution < 1.29 is 22.7 Å². The maximum absolute atomic E-state index is 12.9. The molecule has 5 nitrogen and oxygen atoms in total. The van der Waals surface area contributed by atoms with E-state index in [0.29, 0.717) is 37.5 Å². The van der Waals surface area contributed by atoms with E-state index in [1.54, 1.807) is 23.2 Å². The molecule has 2 aliphatic heterocycles. The molecule has 3 heterocycles. The lowest BCUT2D eigenvalue weighted by Crippen LogP contribution is -2.50. The van der Waals surface area contributed by atoms with Crippen molar-refractivity contribution in [1.29, 1.82) is 0 Å². The zero-order chi connectivity index (χ0) is 17.3. The van der Waals surface area contributed by atoms with Gasteiger partial charge in [-0.25, -0.2) is 4.98 Å². The predicted octanol–water partition coefficient (Wildman–Crippen LogP) is 2.47. The van der Waals surface area contributed by atoms with Gasteiger partial charge in [0.25, 0.3) is 0 Å². The zero-order valence-electron chi connectivity index (χ0n) is 13.4. The van der Waals surface area contributed by atoms with Crippen LogP contribution in [0.15, 0.2) is 18.3 Å². The Bertz CT molecular complexity index is 608. The van der Waals surface area contributed by atoms with Crippen LogP contribution in [0.3, 0.4) is 0 Å². The molecule has 24 heavy (non-hydrogen) atoms. The number of hydrogen-bond donors (Lipinski definition) is 0. The number of amides is 1. The van der Waals surface area contributed by atoms with Crippen molar-refractivity contribution in [2.24, 2.45) is 5.92 Å². The highest BCUT2D eigenvalue weighted by atomic mass is 19.4.